The van der Waals surface area contributed by atoms with Crippen molar-refractivity contribution in [1.29, 1.82) is 0 Å². The fraction of sp³-hybridized carbons (Fsp3) is 0.667. The molecular weight excluding hydrogens is 408 g/mol. The first-order chi connectivity index (χ1) is 14.9. The maximum atomic E-state index is 11.7. The molecule has 1 aromatic carbocycles. The van der Waals surface area contributed by atoms with E-state index in [0.717, 1.165) is 22.9 Å². The standard InChI is InChI=1S/C27H41ClO3/c1-4-5-6-7-8-21-9-12-24(13-10-21)25-14-11-22(18-26(25)28)17-23(15-16-29)19-31-27(30)20(2)3/h11,14,18,21,23-24,29H,2,4-10,12-13,15-17,19H2,1,3H3. The van der Waals surface area contributed by atoms with E-state index in [2.05, 4.69) is 31.7 Å². The zero-order valence-electron chi connectivity index (χ0n) is 19.5. The van der Waals surface area contributed by atoms with E-state index in [-0.39, 0.29) is 25.1 Å². The first-order valence-corrected chi connectivity index (χ1v) is 12.5. The fourth-order valence-corrected chi connectivity index (χ4v) is 5.09. The summed E-state index contributed by atoms with van der Waals surface area (Å²) in [5.74, 6) is 1.15. The molecule has 1 atom stereocenters. The van der Waals surface area contributed by atoms with Crippen molar-refractivity contribution in [1.82, 2.24) is 0 Å². The molecule has 1 N–H and O–H groups in total. The van der Waals surface area contributed by atoms with Crippen LogP contribution < -0.4 is 0 Å². The van der Waals surface area contributed by atoms with Gasteiger partial charge in [-0.3, -0.25) is 0 Å². The van der Waals surface area contributed by atoms with Gasteiger partial charge in [-0.25, -0.2) is 4.79 Å². The van der Waals surface area contributed by atoms with Gasteiger partial charge in [0.1, 0.15) is 0 Å². The van der Waals surface area contributed by atoms with Crippen LogP contribution in [0.25, 0.3) is 0 Å². The molecule has 0 saturated heterocycles. The van der Waals surface area contributed by atoms with Gasteiger partial charge in [0.25, 0.3) is 0 Å². The highest BCUT2D eigenvalue weighted by atomic mass is 35.5. The summed E-state index contributed by atoms with van der Waals surface area (Å²) in [5.41, 5.74) is 2.80. The summed E-state index contributed by atoms with van der Waals surface area (Å²) in [4.78, 5) is 11.7. The van der Waals surface area contributed by atoms with Crippen LogP contribution in [0.5, 0.6) is 0 Å². The zero-order chi connectivity index (χ0) is 22.6. The molecule has 3 nitrogen and oxygen atoms in total. The number of hydrogen-bond acceptors (Lipinski definition) is 3. The Bertz CT molecular complexity index is 692. The molecule has 0 amide bonds. The van der Waals surface area contributed by atoms with E-state index in [4.69, 9.17) is 16.3 Å². The van der Waals surface area contributed by atoms with Gasteiger partial charge in [0.15, 0.2) is 0 Å². The maximum Gasteiger partial charge on any atom is 0.333 e. The molecule has 0 aromatic heterocycles. The van der Waals surface area contributed by atoms with E-state index in [1.807, 2.05) is 0 Å². The van der Waals surface area contributed by atoms with Gasteiger partial charge in [0.2, 0.25) is 0 Å². The smallest absolute Gasteiger partial charge is 0.333 e. The van der Waals surface area contributed by atoms with Crippen LogP contribution in [-0.2, 0) is 16.0 Å². The molecule has 1 aromatic rings. The fourth-order valence-electron chi connectivity index (χ4n) is 4.73. The second-order valence-electron chi connectivity index (χ2n) is 9.38. The molecule has 0 bridgehead atoms. The molecule has 1 unspecified atom stereocenters. The molecule has 0 spiro atoms. The van der Waals surface area contributed by atoms with Crippen molar-refractivity contribution < 1.29 is 14.6 Å². The summed E-state index contributed by atoms with van der Waals surface area (Å²) in [6.45, 7) is 7.88. The number of carbonyl (C=O) groups is 1. The maximum absolute atomic E-state index is 11.7. The Labute approximate surface area is 194 Å². The van der Waals surface area contributed by atoms with E-state index in [1.165, 1.54) is 63.4 Å². The summed E-state index contributed by atoms with van der Waals surface area (Å²) in [6, 6.07) is 6.42. The molecule has 0 aliphatic heterocycles. The molecular formula is C27H41ClO3. The lowest BCUT2D eigenvalue weighted by molar-refractivity contribution is -0.140. The Morgan fingerprint density at radius 3 is 2.58 bits per heavy atom. The van der Waals surface area contributed by atoms with Crippen molar-refractivity contribution >= 4 is 17.6 Å². The summed E-state index contributed by atoms with van der Waals surface area (Å²) in [7, 11) is 0. The molecule has 2 rings (SSSR count). The summed E-state index contributed by atoms with van der Waals surface area (Å²) < 4.78 is 5.31. The molecule has 4 heteroatoms. The highest BCUT2D eigenvalue weighted by molar-refractivity contribution is 6.31. The third kappa shape index (κ3) is 8.98. The molecule has 1 aliphatic rings. The topological polar surface area (TPSA) is 46.5 Å². The lowest BCUT2D eigenvalue weighted by Gasteiger charge is -2.29. The molecule has 31 heavy (non-hydrogen) atoms. The minimum Gasteiger partial charge on any atom is -0.462 e. The van der Waals surface area contributed by atoms with Gasteiger partial charge < -0.3 is 9.84 Å². The van der Waals surface area contributed by atoms with Gasteiger partial charge in [0, 0.05) is 17.2 Å². The van der Waals surface area contributed by atoms with Crippen molar-refractivity contribution in [3.8, 4) is 0 Å². The molecule has 174 valence electrons. The number of aliphatic hydroxyl groups is 1. The number of rotatable bonds is 13. The third-order valence-corrected chi connectivity index (χ3v) is 7.01. The zero-order valence-corrected chi connectivity index (χ0v) is 20.3. The van der Waals surface area contributed by atoms with Gasteiger partial charge in [-0.15, -0.1) is 0 Å². The van der Waals surface area contributed by atoms with Gasteiger partial charge >= 0.3 is 5.97 Å². The molecule has 1 aliphatic carbocycles. The van der Waals surface area contributed by atoms with Crippen LogP contribution in [0.15, 0.2) is 30.4 Å². The molecule has 1 saturated carbocycles. The number of ether oxygens (including phenoxy) is 1. The van der Waals surface area contributed by atoms with Crippen LogP contribution in [0, 0.1) is 11.8 Å². The Hall–Kier alpha value is -1.32. The lowest BCUT2D eigenvalue weighted by Crippen LogP contribution is -2.18. The number of benzene rings is 1. The monoisotopic (exact) mass is 448 g/mol. The number of aliphatic hydroxyl groups excluding tert-OH is 1. The van der Waals surface area contributed by atoms with Crippen molar-refractivity contribution in [2.24, 2.45) is 11.8 Å². The minimum atomic E-state index is -0.378. The summed E-state index contributed by atoms with van der Waals surface area (Å²) in [6.07, 6.45) is 13.3. The van der Waals surface area contributed by atoms with E-state index < -0.39 is 0 Å². The number of hydrogen-bond donors (Lipinski definition) is 1. The molecule has 1 fully saturated rings. The normalized spacial score (nSPS) is 19.7. The second kappa shape index (κ2) is 14.0. The molecule has 0 radical (unpaired) electrons. The number of unbranched alkanes of at least 4 members (excludes halogenated alkanes) is 3. The Morgan fingerprint density at radius 2 is 1.97 bits per heavy atom. The van der Waals surface area contributed by atoms with Gasteiger partial charge in [-0.1, -0.05) is 69.3 Å². The van der Waals surface area contributed by atoms with Crippen molar-refractivity contribution in [3.63, 3.8) is 0 Å². The predicted octanol–water partition coefficient (Wildman–Crippen LogP) is 7.24. The SMILES string of the molecule is C=C(C)C(=O)OCC(CCO)Cc1ccc(C2CCC(CCCCCC)CC2)c(Cl)c1. The van der Waals surface area contributed by atoms with Gasteiger partial charge in [0.05, 0.1) is 6.61 Å². The van der Waals surface area contributed by atoms with Gasteiger partial charge in [-0.05, 0) is 80.4 Å². The quantitative estimate of drug-likeness (QED) is 0.196. The van der Waals surface area contributed by atoms with Crippen LogP contribution in [0.4, 0.5) is 0 Å². The summed E-state index contributed by atoms with van der Waals surface area (Å²) in [5, 5.41) is 10.2. The first-order valence-electron chi connectivity index (χ1n) is 12.2. The van der Waals surface area contributed by atoms with E-state index in [0.29, 0.717) is 17.9 Å². The average Bonchev–Trinajstić information content (AvgIpc) is 2.75. The van der Waals surface area contributed by atoms with Crippen LogP contribution in [0.2, 0.25) is 5.02 Å². The average molecular weight is 449 g/mol. The summed E-state index contributed by atoms with van der Waals surface area (Å²) >= 11 is 6.70. The minimum absolute atomic E-state index is 0.0679. The highest BCUT2D eigenvalue weighted by Gasteiger charge is 2.24. The van der Waals surface area contributed by atoms with E-state index in [9.17, 15) is 9.90 Å². The Balaban J connectivity index is 1.87. The van der Waals surface area contributed by atoms with Crippen molar-refractivity contribution in [2.45, 2.75) is 90.4 Å². The highest BCUT2D eigenvalue weighted by Crippen LogP contribution is 2.40. The third-order valence-electron chi connectivity index (χ3n) is 6.68. The largest absolute Gasteiger partial charge is 0.462 e. The number of esters is 1. The number of carbonyl (C=O) groups excluding carboxylic acids is 1. The lowest BCUT2D eigenvalue weighted by atomic mass is 9.77. The Kier molecular flexibility index (Phi) is 11.7. The van der Waals surface area contributed by atoms with Crippen molar-refractivity contribution in [2.75, 3.05) is 13.2 Å². The second-order valence-corrected chi connectivity index (χ2v) is 9.79. The van der Waals surface area contributed by atoms with Gasteiger partial charge in [-0.2, -0.15) is 0 Å². The molecule has 0 heterocycles. The number of halogens is 1. The van der Waals surface area contributed by atoms with E-state index >= 15 is 0 Å². The first kappa shape index (κ1) is 25.9. The van der Waals surface area contributed by atoms with Crippen LogP contribution in [0.3, 0.4) is 0 Å². The predicted molar refractivity (Wildman–Crippen MR) is 130 cm³/mol. The van der Waals surface area contributed by atoms with E-state index in [1.54, 1.807) is 6.92 Å². The van der Waals surface area contributed by atoms with Crippen molar-refractivity contribution in [3.05, 3.63) is 46.5 Å². The van der Waals surface area contributed by atoms with Crippen LogP contribution in [0.1, 0.15) is 95.1 Å². The Morgan fingerprint density at radius 1 is 1.23 bits per heavy atom. The van der Waals surface area contributed by atoms with Crippen LogP contribution >= 0.6 is 11.6 Å². The van der Waals surface area contributed by atoms with Crippen LogP contribution in [-0.4, -0.2) is 24.3 Å².